The zero-order valence-electron chi connectivity index (χ0n) is 20.5. The fourth-order valence-electron chi connectivity index (χ4n) is 4.33. The Balaban J connectivity index is 1.39. The second kappa shape index (κ2) is 11.2. The third-order valence-corrected chi connectivity index (χ3v) is 6.33. The van der Waals surface area contributed by atoms with E-state index in [1.54, 1.807) is 13.2 Å². The second-order valence-electron chi connectivity index (χ2n) is 8.59. The summed E-state index contributed by atoms with van der Waals surface area (Å²) in [7, 11) is 1.56. The monoisotopic (exact) mass is 526 g/mol. The Hall–Kier alpha value is -3.60. The number of hydrogen-bond donors (Lipinski definition) is 1. The van der Waals surface area contributed by atoms with Gasteiger partial charge >= 0.3 is 5.97 Å². The maximum Gasteiger partial charge on any atom is 0.303 e. The van der Waals surface area contributed by atoms with Crippen LogP contribution in [0.1, 0.15) is 6.92 Å². The fourth-order valence-corrected chi connectivity index (χ4v) is 4.57. The molecular weight excluding hydrogens is 500 g/mol. The molecule has 1 N–H and O–H groups in total. The van der Waals surface area contributed by atoms with E-state index in [-0.39, 0.29) is 12.6 Å². The van der Waals surface area contributed by atoms with Crippen molar-refractivity contribution in [2.24, 2.45) is 0 Å². The van der Waals surface area contributed by atoms with Crippen molar-refractivity contribution in [3.63, 3.8) is 0 Å². The van der Waals surface area contributed by atoms with Gasteiger partial charge in [-0.05, 0) is 18.2 Å². The van der Waals surface area contributed by atoms with Crippen LogP contribution in [0.4, 0.5) is 11.5 Å². The van der Waals surface area contributed by atoms with E-state index >= 15 is 0 Å². The van der Waals surface area contributed by atoms with Crippen LogP contribution in [-0.4, -0.2) is 73.5 Å². The summed E-state index contributed by atoms with van der Waals surface area (Å²) in [5, 5.41) is 5.34. The molecule has 0 amide bonds. The lowest BCUT2D eigenvalue weighted by Gasteiger charge is -2.30. The number of morpholine rings is 1. The van der Waals surface area contributed by atoms with Gasteiger partial charge in [-0.1, -0.05) is 17.7 Å². The first-order valence-corrected chi connectivity index (χ1v) is 12.2. The summed E-state index contributed by atoms with van der Waals surface area (Å²) in [5.74, 6) is 1.20. The number of nitrogens with zero attached hydrogens (tertiary/aromatic N) is 3. The molecule has 1 atom stereocenters. The number of nitrogens with one attached hydrogen (secondary N) is 1. The minimum absolute atomic E-state index is 0.163. The summed E-state index contributed by atoms with van der Waals surface area (Å²) in [6.07, 6.45) is 2.53. The standard InChI is InChI=1S/C26H27ClN4O6/c1-16(32)37-17(12-31-6-8-34-9-7-31)13-35-24-11-21-18(10-23(24)33-2)26(29-15-28-21)30-20-4-3-5-22-25(20)19(27)14-36-22/h3-5,10-11,14-15,17H,6-9,12-13H2,1-2H3,(H,28,29,30). The molecule has 11 heteroatoms. The SMILES string of the molecule is COc1cc2c(Nc3cccc4occ(Cl)c34)ncnc2cc1OCC(CN1CCOCC1)OC(C)=O. The van der Waals surface area contributed by atoms with Crippen molar-refractivity contribution in [1.29, 1.82) is 0 Å². The molecule has 1 fully saturated rings. The molecular formula is C26H27ClN4O6. The van der Waals surface area contributed by atoms with Gasteiger partial charge in [-0.15, -0.1) is 0 Å². The Morgan fingerprint density at radius 3 is 2.84 bits per heavy atom. The van der Waals surface area contributed by atoms with Crippen molar-refractivity contribution < 1.29 is 28.2 Å². The van der Waals surface area contributed by atoms with Gasteiger partial charge in [0.15, 0.2) is 11.5 Å². The zero-order valence-corrected chi connectivity index (χ0v) is 21.3. The maximum atomic E-state index is 11.7. The Morgan fingerprint density at radius 2 is 2.05 bits per heavy atom. The van der Waals surface area contributed by atoms with E-state index in [2.05, 4.69) is 20.2 Å². The quantitative estimate of drug-likeness (QED) is 0.315. The van der Waals surface area contributed by atoms with Gasteiger partial charge in [0.2, 0.25) is 0 Å². The number of carbonyl (C=O) groups excluding carboxylic acids is 1. The van der Waals surface area contributed by atoms with Crippen LogP contribution in [0.15, 0.2) is 47.3 Å². The molecule has 37 heavy (non-hydrogen) atoms. The molecule has 2 aromatic heterocycles. The van der Waals surface area contributed by atoms with Crippen LogP contribution in [0.5, 0.6) is 11.5 Å². The van der Waals surface area contributed by atoms with Gasteiger partial charge in [0.05, 0.1) is 41.9 Å². The molecule has 2 aromatic carbocycles. The van der Waals surface area contributed by atoms with Gasteiger partial charge in [0.25, 0.3) is 0 Å². The molecule has 1 saturated heterocycles. The third-order valence-electron chi connectivity index (χ3n) is 6.05. The first-order valence-electron chi connectivity index (χ1n) is 11.9. The summed E-state index contributed by atoms with van der Waals surface area (Å²) in [5.41, 5.74) is 2.07. The molecule has 0 saturated carbocycles. The average Bonchev–Trinajstić information content (AvgIpc) is 3.29. The third kappa shape index (κ3) is 5.71. The molecule has 1 aliphatic rings. The van der Waals surface area contributed by atoms with E-state index in [1.807, 2.05) is 24.3 Å². The van der Waals surface area contributed by atoms with E-state index < -0.39 is 6.10 Å². The van der Waals surface area contributed by atoms with Crippen molar-refractivity contribution in [3.05, 3.63) is 47.9 Å². The van der Waals surface area contributed by atoms with Crippen LogP contribution in [0, 0.1) is 0 Å². The van der Waals surface area contributed by atoms with Crippen LogP contribution in [0.3, 0.4) is 0 Å². The second-order valence-corrected chi connectivity index (χ2v) is 8.99. The molecule has 0 radical (unpaired) electrons. The van der Waals surface area contributed by atoms with Gasteiger partial charge in [0, 0.05) is 38.0 Å². The van der Waals surface area contributed by atoms with Crippen molar-refractivity contribution >= 4 is 50.9 Å². The van der Waals surface area contributed by atoms with E-state index in [0.29, 0.717) is 53.2 Å². The number of esters is 1. The lowest BCUT2D eigenvalue weighted by atomic mass is 10.2. The highest BCUT2D eigenvalue weighted by Gasteiger charge is 2.21. The summed E-state index contributed by atoms with van der Waals surface area (Å²) < 4.78 is 28.1. The first-order chi connectivity index (χ1) is 18.0. The Morgan fingerprint density at radius 1 is 1.22 bits per heavy atom. The number of rotatable bonds is 9. The number of halogens is 1. The highest BCUT2D eigenvalue weighted by molar-refractivity contribution is 6.36. The lowest BCUT2D eigenvalue weighted by molar-refractivity contribution is -0.149. The van der Waals surface area contributed by atoms with Crippen molar-refractivity contribution in [2.45, 2.75) is 13.0 Å². The smallest absolute Gasteiger partial charge is 0.303 e. The molecule has 4 aromatic rings. The fraction of sp³-hybridized carbons (Fsp3) is 0.346. The van der Waals surface area contributed by atoms with Crippen LogP contribution in [0.2, 0.25) is 5.02 Å². The Labute approximate surface area is 218 Å². The van der Waals surface area contributed by atoms with Crippen molar-refractivity contribution in [2.75, 3.05) is 51.9 Å². The number of methoxy groups -OCH3 is 1. The predicted octanol–water partition coefficient (Wildman–Crippen LogP) is 4.42. The van der Waals surface area contributed by atoms with Gasteiger partial charge in [-0.3, -0.25) is 9.69 Å². The number of fused-ring (bicyclic) bond motifs is 2. The zero-order chi connectivity index (χ0) is 25.8. The number of hydrogen-bond acceptors (Lipinski definition) is 10. The molecule has 0 bridgehead atoms. The largest absolute Gasteiger partial charge is 0.493 e. The molecule has 0 spiro atoms. The van der Waals surface area contributed by atoms with E-state index in [0.717, 1.165) is 29.5 Å². The maximum absolute atomic E-state index is 11.7. The average molecular weight is 527 g/mol. The number of anilines is 2. The normalized spacial score (nSPS) is 15.0. The van der Waals surface area contributed by atoms with Crippen molar-refractivity contribution in [1.82, 2.24) is 14.9 Å². The summed E-state index contributed by atoms with van der Waals surface area (Å²) in [6.45, 7) is 4.98. The number of aromatic nitrogens is 2. The first kappa shape index (κ1) is 25.1. The van der Waals surface area contributed by atoms with Gasteiger partial charge in [-0.25, -0.2) is 9.97 Å². The molecule has 0 aliphatic carbocycles. The highest BCUT2D eigenvalue weighted by atomic mass is 35.5. The van der Waals surface area contributed by atoms with Crippen LogP contribution in [0.25, 0.3) is 21.9 Å². The minimum atomic E-state index is -0.446. The minimum Gasteiger partial charge on any atom is -0.493 e. The molecule has 5 rings (SSSR count). The summed E-state index contributed by atoms with van der Waals surface area (Å²) >= 11 is 6.34. The van der Waals surface area contributed by atoms with Crippen molar-refractivity contribution in [3.8, 4) is 11.5 Å². The highest BCUT2D eigenvalue weighted by Crippen LogP contribution is 2.37. The van der Waals surface area contributed by atoms with Gasteiger partial charge in [-0.2, -0.15) is 0 Å². The Kier molecular flexibility index (Phi) is 7.59. The Bertz CT molecular complexity index is 1400. The van der Waals surface area contributed by atoms with Crippen LogP contribution < -0.4 is 14.8 Å². The molecule has 1 unspecified atom stereocenters. The van der Waals surface area contributed by atoms with E-state index in [9.17, 15) is 4.79 Å². The number of ether oxygens (including phenoxy) is 4. The topological polar surface area (TPSA) is 108 Å². The number of benzene rings is 2. The molecule has 10 nitrogen and oxygen atoms in total. The summed E-state index contributed by atoms with van der Waals surface area (Å²) in [4.78, 5) is 22.7. The number of carbonyl (C=O) groups is 1. The molecule has 3 heterocycles. The molecule has 1 aliphatic heterocycles. The number of furan rings is 1. The van der Waals surface area contributed by atoms with E-state index in [4.69, 9.17) is 35.0 Å². The van der Waals surface area contributed by atoms with Crippen LogP contribution >= 0.6 is 11.6 Å². The predicted molar refractivity (Wildman–Crippen MR) is 139 cm³/mol. The van der Waals surface area contributed by atoms with Crippen LogP contribution in [-0.2, 0) is 14.3 Å². The molecule has 194 valence electrons. The van der Waals surface area contributed by atoms with Gasteiger partial charge < -0.3 is 28.7 Å². The van der Waals surface area contributed by atoms with Gasteiger partial charge in [0.1, 0.15) is 36.7 Å². The van der Waals surface area contributed by atoms with E-state index in [1.165, 1.54) is 19.5 Å². The lowest BCUT2D eigenvalue weighted by Crippen LogP contribution is -2.43. The summed E-state index contributed by atoms with van der Waals surface area (Å²) in [6, 6.07) is 9.21.